The Balaban J connectivity index is 0.00000132. The molecule has 0 aliphatic rings. The van der Waals surface area contributed by atoms with Gasteiger partial charge in [0.25, 0.3) is 0 Å². The van der Waals surface area contributed by atoms with Crippen molar-refractivity contribution in [3.8, 4) is 0 Å². The molecule has 0 atom stereocenters. The van der Waals surface area contributed by atoms with E-state index in [1.165, 1.54) is 21.2 Å². The van der Waals surface area contributed by atoms with Gasteiger partial charge in [-0.05, 0) is 0 Å². The van der Waals surface area contributed by atoms with Crippen LogP contribution in [0.2, 0.25) is 10.8 Å². The van der Waals surface area contributed by atoms with E-state index >= 15 is 0 Å². The summed E-state index contributed by atoms with van der Waals surface area (Å²) in [7, 11) is 0. The first-order valence-corrected chi connectivity index (χ1v) is 20.1. The van der Waals surface area contributed by atoms with Crippen LogP contribution >= 0.6 is 12.2 Å². The number of rotatable bonds is 6. The molecule has 0 aliphatic heterocycles. The summed E-state index contributed by atoms with van der Waals surface area (Å²) >= 11 is -1.95. The summed E-state index contributed by atoms with van der Waals surface area (Å²) < 4.78 is 0. The van der Waals surface area contributed by atoms with Gasteiger partial charge in [0.15, 0.2) is 0 Å². The van der Waals surface area contributed by atoms with E-state index in [-0.39, 0.29) is 0 Å². The molecule has 0 unspecified atom stereocenters. The molecule has 0 N–H and O–H groups in total. The third kappa shape index (κ3) is 5.80. The number of benzene rings is 4. The predicted octanol–water partition coefficient (Wildman–Crippen LogP) is 7.36. The standard InChI is InChI=1S/2C12H10P.C2H6.2CH3.Pd/c2*1-3-7-11(8-4-1)13-12-9-5-2-6-10-12;1-2;;;/h2*1-10H;1-2H3;2*1H3;/q2*-1;;;;+2. The van der Waals surface area contributed by atoms with Gasteiger partial charge in [-0.15, -0.1) is 0 Å². The first kappa shape index (κ1) is 24.1. The van der Waals surface area contributed by atoms with Crippen molar-refractivity contribution in [2.45, 2.75) is 24.6 Å². The summed E-state index contributed by atoms with van der Waals surface area (Å²) in [5, 5.41) is 11.3. The summed E-state index contributed by atoms with van der Waals surface area (Å²) in [5.41, 5.74) is 0. The molecule has 0 bridgehead atoms. The van der Waals surface area contributed by atoms with Crippen LogP contribution in [0.5, 0.6) is 0 Å². The first-order chi connectivity index (χ1) is 15.2. The maximum atomic E-state index is 2.63. The Bertz CT molecular complexity index is 856. The molecular weight excluding hydrogens is 505 g/mol. The van der Waals surface area contributed by atoms with Crippen molar-refractivity contribution in [1.29, 1.82) is 0 Å². The van der Waals surface area contributed by atoms with Gasteiger partial charge in [0.2, 0.25) is 0 Å². The molecule has 0 heterocycles. The summed E-state index contributed by atoms with van der Waals surface area (Å²) in [5.74, 6) is 0. The molecule has 0 saturated carbocycles. The average Bonchev–Trinajstić information content (AvgIpc) is 2.83. The first-order valence-electron chi connectivity index (χ1n) is 10.5. The Labute approximate surface area is 193 Å². The molecule has 0 nitrogen and oxygen atoms in total. The molecule has 4 aromatic carbocycles. The zero-order valence-corrected chi connectivity index (χ0v) is 22.1. The molecular formula is C28H32P2Pd. The number of hydrogen-bond donors (Lipinski definition) is 0. The molecule has 0 saturated heterocycles. The van der Waals surface area contributed by atoms with Gasteiger partial charge in [0.05, 0.1) is 0 Å². The topological polar surface area (TPSA) is 0 Å². The van der Waals surface area contributed by atoms with Crippen LogP contribution in [-0.2, 0) is 14.5 Å². The molecule has 4 aromatic rings. The van der Waals surface area contributed by atoms with Crippen molar-refractivity contribution in [1.82, 2.24) is 0 Å². The zero-order valence-electron chi connectivity index (χ0n) is 18.8. The van der Waals surface area contributed by atoms with Gasteiger partial charge >= 0.3 is 180 Å². The average molecular weight is 537 g/mol. The summed E-state index contributed by atoms with van der Waals surface area (Å²) in [6.07, 6.45) is -0.804. The van der Waals surface area contributed by atoms with E-state index in [2.05, 4.69) is 132 Å². The van der Waals surface area contributed by atoms with Crippen molar-refractivity contribution >= 4 is 33.4 Å². The minimum absolute atomic E-state index is 0.402. The van der Waals surface area contributed by atoms with Crippen LogP contribution < -0.4 is 21.2 Å². The van der Waals surface area contributed by atoms with Crippen LogP contribution in [0.15, 0.2) is 121 Å². The summed E-state index contributed by atoms with van der Waals surface area (Å²) in [4.78, 5) is 0. The monoisotopic (exact) mass is 536 g/mol. The molecule has 0 radical (unpaired) electrons. The van der Waals surface area contributed by atoms with Crippen LogP contribution in [-0.4, -0.2) is 0 Å². The molecule has 0 spiro atoms. The van der Waals surface area contributed by atoms with Crippen molar-refractivity contribution in [3.63, 3.8) is 0 Å². The fourth-order valence-corrected chi connectivity index (χ4v) is 30.3. The van der Waals surface area contributed by atoms with Crippen LogP contribution in [0.1, 0.15) is 13.8 Å². The molecule has 0 fully saturated rings. The SMILES string of the molecule is CC.[CH3][Pd]([CH3])([P](c1ccccc1)c1ccccc1)[P](c1ccccc1)c1ccccc1. The van der Waals surface area contributed by atoms with Gasteiger partial charge in [-0.25, -0.2) is 0 Å². The second-order valence-corrected chi connectivity index (χ2v) is 28.4. The van der Waals surface area contributed by atoms with Crippen LogP contribution in [0.25, 0.3) is 0 Å². The summed E-state index contributed by atoms with van der Waals surface area (Å²) in [6, 6.07) is 44.9. The molecule has 4 rings (SSSR count). The van der Waals surface area contributed by atoms with Gasteiger partial charge < -0.3 is 0 Å². The van der Waals surface area contributed by atoms with Crippen LogP contribution in [0.4, 0.5) is 0 Å². The Kier molecular flexibility index (Phi) is 9.20. The van der Waals surface area contributed by atoms with E-state index in [0.29, 0.717) is 0 Å². The second kappa shape index (κ2) is 11.9. The Hall–Kier alpha value is -1.60. The molecule has 0 amide bonds. The summed E-state index contributed by atoms with van der Waals surface area (Å²) in [6.45, 7) is 4.00. The van der Waals surface area contributed by atoms with Gasteiger partial charge in [0.1, 0.15) is 0 Å². The van der Waals surface area contributed by atoms with Gasteiger partial charge in [-0.1, -0.05) is 13.8 Å². The fraction of sp³-hybridized carbons (Fsp3) is 0.143. The second-order valence-electron chi connectivity index (χ2n) is 6.79. The maximum absolute atomic E-state index is 2.63. The molecule has 0 aliphatic carbocycles. The van der Waals surface area contributed by atoms with E-state index in [4.69, 9.17) is 0 Å². The van der Waals surface area contributed by atoms with Crippen LogP contribution in [0, 0.1) is 0 Å². The van der Waals surface area contributed by atoms with Gasteiger partial charge in [0, 0.05) is 0 Å². The Morgan fingerprint density at radius 3 is 0.774 bits per heavy atom. The third-order valence-electron chi connectivity index (χ3n) is 4.56. The van der Waals surface area contributed by atoms with Crippen LogP contribution in [0.3, 0.4) is 0 Å². The molecule has 3 heteroatoms. The van der Waals surface area contributed by atoms with Crippen molar-refractivity contribution in [2.75, 3.05) is 0 Å². The number of hydrogen-bond acceptors (Lipinski definition) is 0. The van der Waals surface area contributed by atoms with Gasteiger partial charge in [-0.2, -0.15) is 0 Å². The van der Waals surface area contributed by atoms with E-state index in [0.717, 1.165) is 0 Å². The van der Waals surface area contributed by atoms with Crippen molar-refractivity contribution in [2.24, 2.45) is 0 Å². The quantitative estimate of drug-likeness (QED) is 0.178. The predicted molar refractivity (Wildman–Crippen MR) is 141 cm³/mol. The molecule has 164 valence electrons. The van der Waals surface area contributed by atoms with Crippen molar-refractivity contribution < 1.29 is 14.5 Å². The normalized spacial score (nSPS) is 11.7. The molecule has 0 aromatic heterocycles. The third-order valence-corrected chi connectivity index (χ3v) is 28.3. The molecule has 31 heavy (non-hydrogen) atoms. The fourth-order valence-electron chi connectivity index (χ4n) is 3.36. The zero-order chi connectivity index (χ0) is 22.1. The van der Waals surface area contributed by atoms with Gasteiger partial charge in [-0.3, -0.25) is 0 Å². The van der Waals surface area contributed by atoms with E-state index in [9.17, 15) is 0 Å². The van der Waals surface area contributed by atoms with E-state index < -0.39 is 26.8 Å². The Morgan fingerprint density at radius 1 is 0.387 bits per heavy atom. The van der Waals surface area contributed by atoms with E-state index in [1.54, 1.807) is 0 Å². The van der Waals surface area contributed by atoms with E-state index in [1.807, 2.05) is 13.8 Å². The minimum atomic E-state index is -1.95. The van der Waals surface area contributed by atoms with Crippen molar-refractivity contribution in [3.05, 3.63) is 121 Å². The Morgan fingerprint density at radius 2 is 0.581 bits per heavy atom.